The number of benzene rings is 1. The maximum absolute atomic E-state index is 13.1. The van der Waals surface area contributed by atoms with Gasteiger partial charge in [0.1, 0.15) is 0 Å². The lowest BCUT2D eigenvalue weighted by molar-refractivity contribution is -0.120. The van der Waals surface area contributed by atoms with Crippen molar-refractivity contribution in [1.82, 2.24) is 4.57 Å². The standard InChI is InChI=1S/C19H22N2O4S/c1-3-21-13-15(7-10-17(21)22)20-18(23)19(11-4-12-19)26(24,25)16-8-5-14(2)6-9-16/h5-10,13H,3-4,11-12H2,1-2H3,(H,20,23). The molecular formula is C19H22N2O4S. The predicted octanol–water partition coefficient (Wildman–Crippen LogP) is 2.51. The van der Waals surface area contributed by atoms with Crippen LogP contribution >= 0.6 is 0 Å². The minimum Gasteiger partial charge on any atom is -0.323 e. The molecule has 1 aliphatic carbocycles. The highest BCUT2D eigenvalue weighted by Crippen LogP contribution is 2.43. The van der Waals surface area contributed by atoms with Gasteiger partial charge in [0.25, 0.3) is 5.56 Å². The van der Waals surface area contributed by atoms with Gasteiger partial charge in [0, 0.05) is 18.8 Å². The van der Waals surface area contributed by atoms with Crippen LogP contribution in [0.2, 0.25) is 0 Å². The second kappa shape index (κ2) is 6.72. The Morgan fingerprint density at radius 2 is 1.81 bits per heavy atom. The lowest BCUT2D eigenvalue weighted by Gasteiger charge is -2.39. The molecule has 0 radical (unpaired) electrons. The van der Waals surface area contributed by atoms with Crippen molar-refractivity contribution in [2.24, 2.45) is 0 Å². The monoisotopic (exact) mass is 374 g/mol. The number of carbonyl (C=O) groups is 1. The van der Waals surface area contributed by atoms with Gasteiger partial charge in [0.15, 0.2) is 14.6 Å². The molecule has 138 valence electrons. The van der Waals surface area contributed by atoms with Gasteiger partial charge in [-0.3, -0.25) is 9.59 Å². The van der Waals surface area contributed by atoms with Crippen molar-refractivity contribution in [2.75, 3.05) is 5.32 Å². The number of nitrogens with one attached hydrogen (secondary N) is 1. The molecule has 7 heteroatoms. The van der Waals surface area contributed by atoms with E-state index in [9.17, 15) is 18.0 Å². The van der Waals surface area contributed by atoms with Crippen molar-refractivity contribution in [1.29, 1.82) is 0 Å². The largest absolute Gasteiger partial charge is 0.323 e. The van der Waals surface area contributed by atoms with E-state index in [0.717, 1.165) is 5.56 Å². The highest BCUT2D eigenvalue weighted by molar-refractivity contribution is 7.93. The molecule has 1 fully saturated rings. The van der Waals surface area contributed by atoms with Crippen molar-refractivity contribution in [3.05, 3.63) is 58.5 Å². The first-order chi connectivity index (χ1) is 12.3. The molecular weight excluding hydrogens is 352 g/mol. The number of sulfone groups is 1. The molecule has 1 N–H and O–H groups in total. The number of rotatable bonds is 5. The molecule has 1 saturated carbocycles. The number of hydrogen-bond donors (Lipinski definition) is 1. The van der Waals surface area contributed by atoms with Gasteiger partial charge in [0.05, 0.1) is 10.6 Å². The van der Waals surface area contributed by atoms with Crippen LogP contribution in [-0.2, 0) is 21.2 Å². The molecule has 1 aromatic heterocycles. The summed E-state index contributed by atoms with van der Waals surface area (Å²) in [6.45, 7) is 4.17. The Morgan fingerprint density at radius 1 is 1.15 bits per heavy atom. The third kappa shape index (κ3) is 2.96. The zero-order chi connectivity index (χ0) is 18.9. The van der Waals surface area contributed by atoms with Crippen LogP contribution in [0.3, 0.4) is 0 Å². The minimum atomic E-state index is -3.80. The van der Waals surface area contributed by atoms with Crippen LogP contribution in [0.4, 0.5) is 5.69 Å². The summed E-state index contributed by atoms with van der Waals surface area (Å²) in [7, 11) is -3.80. The van der Waals surface area contributed by atoms with E-state index in [1.807, 2.05) is 13.8 Å². The molecule has 1 amide bonds. The van der Waals surface area contributed by atoms with Crippen molar-refractivity contribution >= 4 is 21.4 Å². The van der Waals surface area contributed by atoms with Gasteiger partial charge < -0.3 is 9.88 Å². The minimum absolute atomic E-state index is 0.163. The quantitative estimate of drug-likeness (QED) is 0.871. The number of carbonyl (C=O) groups excluding carboxylic acids is 1. The molecule has 0 spiro atoms. The maximum Gasteiger partial charge on any atom is 0.250 e. The van der Waals surface area contributed by atoms with Crippen LogP contribution in [-0.4, -0.2) is 23.6 Å². The normalized spacial score (nSPS) is 15.9. The summed E-state index contributed by atoms with van der Waals surface area (Å²) in [5, 5.41) is 2.70. The second-order valence-electron chi connectivity index (χ2n) is 6.66. The summed E-state index contributed by atoms with van der Waals surface area (Å²) in [6.07, 6.45) is 2.81. The molecule has 2 aromatic rings. The Morgan fingerprint density at radius 3 is 2.35 bits per heavy atom. The van der Waals surface area contributed by atoms with Crippen molar-refractivity contribution in [3.63, 3.8) is 0 Å². The Labute approximate surface area is 152 Å². The fraction of sp³-hybridized carbons (Fsp3) is 0.368. The van der Waals surface area contributed by atoms with Crippen LogP contribution in [0, 0.1) is 6.92 Å². The number of aromatic nitrogens is 1. The molecule has 0 aliphatic heterocycles. The number of pyridine rings is 1. The first kappa shape index (κ1) is 18.4. The molecule has 3 rings (SSSR count). The van der Waals surface area contributed by atoms with E-state index in [1.165, 1.54) is 22.9 Å². The van der Waals surface area contributed by atoms with Crippen LogP contribution in [0.1, 0.15) is 31.7 Å². The Kier molecular flexibility index (Phi) is 4.75. The highest BCUT2D eigenvalue weighted by Gasteiger charge is 2.55. The first-order valence-electron chi connectivity index (χ1n) is 8.63. The van der Waals surface area contributed by atoms with Crippen LogP contribution in [0.15, 0.2) is 52.3 Å². The van der Waals surface area contributed by atoms with E-state index < -0.39 is 20.5 Å². The van der Waals surface area contributed by atoms with Crippen molar-refractivity contribution in [3.8, 4) is 0 Å². The summed E-state index contributed by atoms with van der Waals surface area (Å²) >= 11 is 0. The van der Waals surface area contributed by atoms with Gasteiger partial charge in [-0.05, 0) is 51.3 Å². The molecule has 26 heavy (non-hydrogen) atoms. The third-order valence-electron chi connectivity index (χ3n) is 5.00. The molecule has 6 nitrogen and oxygen atoms in total. The third-order valence-corrected chi connectivity index (χ3v) is 7.52. The Bertz CT molecular complexity index is 987. The van der Waals surface area contributed by atoms with E-state index >= 15 is 0 Å². The van der Waals surface area contributed by atoms with Crippen LogP contribution in [0.25, 0.3) is 0 Å². The summed E-state index contributed by atoms with van der Waals surface area (Å²) in [5.41, 5.74) is 1.20. The summed E-state index contributed by atoms with van der Waals surface area (Å²) in [4.78, 5) is 24.8. The smallest absolute Gasteiger partial charge is 0.250 e. The highest BCUT2D eigenvalue weighted by atomic mass is 32.2. The van der Waals surface area contributed by atoms with Crippen LogP contribution in [0.5, 0.6) is 0 Å². The van der Waals surface area contributed by atoms with Crippen molar-refractivity contribution in [2.45, 2.75) is 49.3 Å². The van der Waals surface area contributed by atoms with Gasteiger partial charge in [-0.15, -0.1) is 0 Å². The number of aryl methyl sites for hydroxylation is 2. The number of amides is 1. The zero-order valence-corrected chi connectivity index (χ0v) is 15.7. The summed E-state index contributed by atoms with van der Waals surface area (Å²) < 4.78 is 26.3. The average molecular weight is 374 g/mol. The summed E-state index contributed by atoms with van der Waals surface area (Å²) in [5.74, 6) is -0.536. The molecule has 0 unspecified atom stereocenters. The Balaban J connectivity index is 1.93. The summed E-state index contributed by atoms with van der Waals surface area (Å²) in [6, 6.07) is 9.42. The van der Waals surface area contributed by atoms with Gasteiger partial charge >= 0.3 is 0 Å². The van der Waals surface area contributed by atoms with Gasteiger partial charge in [-0.2, -0.15) is 0 Å². The zero-order valence-electron chi connectivity index (χ0n) is 14.9. The fourth-order valence-corrected chi connectivity index (χ4v) is 5.22. The molecule has 0 bridgehead atoms. The lowest BCUT2D eigenvalue weighted by Crippen LogP contribution is -2.54. The van der Waals surface area contributed by atoms with Gasteiger partial charge in [-0.25, -0.2) is 8.42 Å². The predicted molar refractivity (Wildman–Crippen MR) is 100.0 cm³/mol. The SMILES string of the molecule is CCn1cc(NC(=O)C2(S(=O)(=O)c3ccc(C)cc3)CCC2)ccc1=O. The first-order valence-corrected chi connectivity index (χ1v) is 10.1. The van der Waals surface area contributed by atoms with Crippen LogP contribution < -0.4 is 10.9 Å². The Hall–Kier alpha value is -2.41. The van der Waals surface area contributed by atoms with E-state index in [4.69, 9.17) is 0 Å². The number of anilines is 1. The number of hydrogen-bond acceptors (Lipinski definition) is 4. The molecule has 0 saturated heterocycles. The maximum atomic E-state index is 13.1. The topological polar surface area (TPSA) is 85.2 Å². The van der Waals surface area contributed by atoms with E-state index in [0.29, 0.717) is 31.5 Å². The van der Waals surface area contributed by atoms with Gasteiger partial charge in [-0.1, -0.05) is 17.7 Å². The molecule has 0 atom stereocenters. The molecule has 1 heterocycles. The molecule has 1 aliphatic rings. The van der Waals surface area contributed by atoms with E-state index in [2.05, 4.69) is 5.32 Å². The van der Waals surface area contributed by atoms with E-state index in [-0.39, 0.29) is 10.5 Å². The molecule has 1 aromatic carbocycles. The lowest BCUT2D eigenvalue weighted by atomic mass is 9.83. The second-order valence-corrected chi connectivity index (χ2v) is 8.92. The van der Waals surface area contributed by atoms with E-state index in [1.54, 1.807) is 24.3 Å². The fourth-order valence-electron chi connectivity index (χ4n) is 3.16. The number of nitrogens with zero attached hydrogens (tertiary/aromatic N) is 1. The van der Waals surface area contributed by atoms with Crippen molar-refractivity contribution < 1.29 is 13.2 Å². The van der Waals surface area contributed by atoms with Gasteiger partial charge in [0.2, 0.25) is 5.91 Å². The average Bonchev–Trinajstić information content (AvgIpc) is 2.55.